The quantitative estimate of drug-likeness (QED) is 0.0262. The molecule has 6 nitrogen and oxygen atoms in total. The van der Waals surface area contributed by atoms with Crippen molar-refractivity contribution in [3.63, 3.8) is 0 Å². The van der Waals surface area contributed by atoms with Crippen LogP contribution in [0.15, 0.2) is 109 Å². The maximum absolute atomic E-state index is 12.8. The fourth-order valence-corrected chi connectivity index (χ4v) is 7.13. The number of hydrogen-bond acceptors (Lipinski definition) is 6. The van der Waals surface area contributed by atoms with Gasteiger partial charge in [-0.25, -0.2) is 0 Å². The molecule has 0 aromatic rings. The van der Waals surface area contributed by atoms with Gasteiger partial charge in [0.15, 0.2) is 6.10 Å². The van der Waals surface area contributed by atoms with Gasteiger partial charge >= 0.3 is 17.9 Å². The zero-order valence-corrected chi connectivity index (χ0v) is 43.4. The van der Waals surface area contributed by atoms with Crippen molar-refractivity contribution in [1.29, 1.82) is 0 Å². The highest BCUT2D eigenvalue weighted by Gasteiger charge is 2.19. The molecule has 0 saturated heterocycles. The molecule has 0 rings (SSSR count). The molecule has 0 saturated carbocycles. The van der Waals surface area contributed by atoms with Crippen molar-refractivity contribution in [2.75, 3.05) is 13.2 Å². The number of unbranched alkanes of at least 4 members (excludes halogenated alkanes) is 19. The van der Waals surface area contributed by atoms with Crippen molar-refractivity contribution in [2.24, 2.45) is 0 Å². The van der Waals surface area contributed by atoms with E-state index in [0.717, 1.165) is 103 Å². The van der Waals surface area contributed by atoms with Crippen LogP contribution in [-0.2, 0) is 28.6 Å². The number of rotatable bonds is 48. The average molecular weight is 929 g/mol. The Morgan fingerprint density at radius 3 is 1.01 bits per heavy atom. The van der Waals surface area contributed by atoms with Crippen molar-refractivity contribution in [3.05, 3.63) is 109 Å². The molecule has 0 amide bonds. The van der Waals surface area contributed by atoms with Gasteiger partial charge in [0.2, 0.25) is 0 Å². The number of carbonyl (C=O) groups excluding carboxylic acids is 3. The summed E-state index contributed by atoms with van der Waals surface area (Å²) in [5.74, 6) is -0.997. The molecule has 0 heterocycles. The minimum absolute atomic E-state index is 0.111. The Morgan fingerprint density at radius 1 is 0.313 bits per heavy atom. The molecule has 380 valence electrons. The first-order valence-electron chi connectivity index (χ1n) is 27.4. The molecule has 0 unspecified atom stereocenters. The van der Waals surface area contributed by atoms with Crippen LogP contribution in [0.5, 0.6) is 0 Å². The largest absolute Gasteiger partial charge is 0.462 e. The first kappa shape index (κ1) is 63.1. The Hall–Kier alpha value is -3.93. The molecule has 0 aromatic carbocycles. The number of esters is 3. The van der Waals surface area contributed by atoms with Gasteiger partial charge in [0, 0.05) is 19.3 Å². The smallest absolute Gasteiger partial charge is 0.306 e. The Labute approximate surface area is 412 Å². The van der Waals surface area contributed by atoms with Gasteiger partial charge in [-0.05, 0) is 122 Å². The minimum Gasteiger partial charge on any atom is -0.462 e. The number of carbonyl (C=O) groups is 3. The van der Waals surface area contributed by atoms with Crippen LogP contribution < -0.4 is 0 Å². The van der Waals surface area contributed by atoms with Crippen LogP contribution in [0.25, 0.3) is 0 Å². The van der Waals surface area contributed by atoms with E-state index in [1.54, 1.807) is 0 Å². The predicted molar refractivity (Wildman–Crippen MR) is 288 cm³/mol. The third kappa shape index (κ3) is 52.9. The van der Waals surface area contributed by atoms with E-state index in [-0.39, 0.29) is 37.5 Å². The molecular weight excluding hydrogens is 829 g/mol. The second kappa shape index (κ2) is 54.7. The number of allylic oxidation sites excluding steroid dienone is 18. The summed E-state index contributed by atoms with van der Waals surface area (Å²) in [7, 11) is 0. The fraction of sp³-hybridized carbons (Fsp3) is 0.656. The number of hydrogen-bond donors (Lipinski definition) is 0. The van der Waals surface area contributed by atoms with Gasteiger partial charge in [-0.2, -0.15) is 0 Å². The summed E-state index contributed by atoms with van der Waals surface area (Å²) in [6.45, 7) is 6.41. The van der Waals surface area contributed by atoms with Crippen LogP contribution in [-0.4, -0.2) is 37.2 Å². The molecule has 0 radical (unpaired) electrons. The minimum atomic E-state index is -0.814. The van der Waals surface area contributed by atoms with E-state index in [0.29, 0.717) is 19.3 Å². The topological polar surface area (TPSA) is 78.9 Å². The van der Waals surface area contributed by atoms with E-state index in [1.807, 2.05) is 0 Å². The van der Waals surface area contributed by atoms with Gasteiger partial charge in [-0.3, -0.25) is 14.4 Å². The molecule has 6 heteroatoms. The summed E-state index contributed by atoms with van der Waals surface area (Å²) in [5, 5.41) is 0. The first-order chi connectivity index (χ1) is 33.0. The molecule has 0 fully saturated rings. The molecule has 1 atom stereocenters. The summed E-state index contributed by atoms with van der Waals surface area (Å²) < 4.78 is 16.8. The predicted octanol–water partition coefficient (Wildman–Crippen LogP) is 18.3. The summed E-state index contributed by atoms with van der Waals surface area (Å²) in [5.41, 5.74) is 0. The second-order valence-corrected chi connectivity index (χ2v) is 17.7. The van der Waals surface area contributed by atoms with Gasteiger partial charge in [0.25, 0.3) is 0 Å². The van der Waals surface area contributed by atoms with Crippen LogP contribution in [0.2, 0.25) is 0 Å². The molecular formula is C61H100O6. The van der Waals surface area contributed by atoms with E-state index in [9.17, 15) is 14.4 Å². The third-order valence-corrected chi connectivity index (χ3v) is 11.2. The molecule has 0 spiro atoms. The van der Waals surface area contributed by atoms with Gasteiger partial charge in [-0.1, -0.05) is 207 Å². The summed E-state index contributed by atoms with van der Waals surface area (Å²) in [4.78, 5) is 38.1. The summed E-state index contributed by atoms with van der Waals surface area (Å²) in [6.07, 6.45) is 73.6. The Bertz CT molecular complexity index is 1390. The first-order valence-corrected chi connectivity index (χ1v) is 27.4. The lowest BCUT2D eigenvalue weighted by molar-refractivity contribution is -0.167. The lowest BCUT2D eigenvalue weighted by atomic mass is 10.1. The highest BCUT2D eigenvalue weighted by molar-refractivity contribution is 5.71. The summed E-state index contributed by atoms with van der Waals surface area (Å²) in [6, 6.07) is 0. The van der Waals surface area contributed by atoms with Gasteiger partial charge in [0.1, 0.15) is 13.2 Å². The third-order valence-electron chi connectivity index (χ3n) is 11.2. The Morgan fingerprint density at radius 2 is 0.597 bits per heavy atom. The lowest BCUT2D eigenvalue weighted by Gasteiger charge is -2.18. The standard InChI is InChI=1S/C61H100O6/c1-4-7-10-13-16-19-22-25-28-30-33-35-38-41-44-47-50-53-59(62)65-56-58(67-61(64)55-52-49-46-43-40-37-32-27-24-21-18-15-12-9-6-3)57-66-60(63)54-51-48-45-42-39-36-34-31-29-26-23-20-17-14-11-8-5-2/h7,10,16-17,19-21,24-26,28-29,33-36,41,44,58H,4-6,8-9,11-15,18,22-23,27,30-32,37-40,42-43,45-57H2,1-3H3/b10-7-,19-16-,20-17-,24-21-,28-25-,29-26-,35-33-,36-34-,44-41-/t58-/m1/s1. The monoisotopic (exact) mass is 929 g/mol. The van der Waals surface area contributed by atoms with E-state index in [2.05, 4.69) is 130 Å². The van der Waals surface area contributed by atoms with Gasteiger partial charge in [0.05, 0.1) is 0 Å². The van der Waals surface area contributed by atoms with Gasteiger partial charge in [-0.15, -0.1) is 0 Å². The zero-order valence-electron chi connectivity index (χ0n) is 43.4. The Balaban J connectivity index is 4.53. The maximum Gasteiger partial charge on any atom is 0.306 e. The van der Waals surface area contributed by atoms with Gasteiger partial charge < -0.3 is 14.2 Å². The van der Waals surface area contributed by atoms with Crippen molar-refractivity contribution < 1.29 is 28.6 Å². The van der Waals surface area contributed by atoms with E-state index >= 15 is 0 Å². The van der Waals surface area contributed by atoms with E-state index < -0.39 is 6.10 Å². The van der Waals surface area contributed by atoms with Crippen molar-refractivity contribution in [1.82, 2.24) is 0 Å². The number of ether oxygens (including phenoxy) is 3. The SMILES string of the molecule is CC/C=C\C/C=C\C/C=C\C/C=C\C/C=C\CCCC(=O)OC[C@H](COC(=O)CCCCCC/C=C\C/C=C\C/C=C\CCCCC)OC(=O)CCCCCCCCC/C=C\CCCCCC. The second-order valence-electron chi connectivity index (χ2n) is 17.7. The molecule has 0 aromatic heterocycles. The van der Waals surface area contributed by atoms with Crippen molar-refractivity contribution >= 4 is 17.9 Å². The highest BCUT2D eigenvalue weighted by atomic mass is 16.6. The van der Waals surface area contributed by atoms with Crippen LogP contribution in [0, 0.1) is 0 Å². The van der Waals surface area contributed by atoms with Crippen LogP contribution in [0.3, 0.4) is 0 Å². The summed E-state index contributed by atoms with van der Waals surface area (Å²) >= 11 is 0. The average Bonchev–Trinajstić information content (AvgIpc) is 3.33. The van der Waals surface area contributed by atoms with E-state index in [1.165, 1.54) is 89.9 Å². The van der Waals surface area contributed by atoms with Crippen LogP contribution >= 0.6 is 0 Å². The fourth-order valence-electron chi connectivity index (χ4n) is 7.13. The molecule has 0 aliphatic heterocycles. The zero-order chi connectivity index (χ0) is 48.6. The molecule has 0 aliphatic rings. The molecule has 0 N–H and O–H groups in total. The normalized spacial score (nSPS) is 12.9. The lowest BCUT2D eigenvalue weighted by Crippen LogP contribution is -2.30. The maximum atomic E-state index is 12.8. The molecule has 67 heavy (non-hydrogen) atoms. The van der Waals surface area contributed by atoms with E-state index in [4.69, 9.17) is 14.2 Å². The molecule has 0 aliphatic carbocycles. The van der Waals surface area contributed by atoms with Crippen molar-refractivity contribution in [2.45, 2.75) is 245 Å². The Kier molecular flexibility index (Phi) is 51.5. The highest BCUT2D eigenvalue weighted by Crippen LogP contribution is 2.13. The van der Waals surface area contributed by atoms with Crippen molar-refractivity contribution in [3.8, 4) is 0 Å². The molecule has 0 bridgehead atoms. The van der Waals surface area contributed by atoms with Crippen LogP contribution in [0.4, 0.5) is 0 Å². The van der Waals surface area contributed by atoms with Crippen LogP contribution in [0.1, 0.15) is 239 Å².